The minimum atomic E-state index is 0.0407. The van der Waals surface area contributed by atoms with Crippen LogP contribution in [0.5, 0.6) is 11.5 Å². The van der Waals surface area contributed by atoms with Gasteiger partial charge in [-0.2, -0.15) is 0 Å². The first-order valence-electron chi connectivity index (χ1n) is 4.32. The summed E-state index contributed by atoms with van der Waals surface area (Å²) in [7, 11) is 1.62. The van der Waals surface area contributed by atoms with Crippen LogP contribution in [-0.4, -0.2) is 12.2 Å². The zero-order valence-electron chi connectivity index (χ0n) is 8.59. The molecule has 0 heterocycles. The molecule has 2 heteroatoms. The number of phenolic OH excluding ortho intramolecular Hbond substituents is 1. The summed E-state index contributed by atoms with van der Waals surface area (Å²) in [4.78, 5) is 0. The summed E-state index contributed by atoms with van der Waals surface area (Å²) < 4.78 is 5.19. The maximum Gasteiger partial charge on any atom is 0.126 e. The van der Waals surface area contributed by atoms with Gasteiger partial charge in [0, 0.05) is 6.07 Å². The van der Waals surface area contributed by atoms with E-state index in [1.807, 2.05) is 6.07 Å². The molecule has 1 N–H and O–H groups in total. The first-order chi connectivity index (χ1) is 5.95. The first kappa shape index (κ1) is 9.90. The van der Waals surface area contributed by atoms with Gasteiger partial charge in [-0.1, -0.05) is 26.8 Å². The third-order valence-corrected chi connectivity index (χ3v) is 1.99. The number of rotatable bonds is 1. The average molecular weight is 180 g/mol. The summed E-state index contributed by atoms with van der Waals surface area (Å²) in [6.45, 7) is 6.34. The highest BCUT2D eigenvalue weighted by Crippen LogP contribution is 2.33. The second-order valence-electron chi connectivity index (χ2n) is 4.13. The zero-order chi connectivity index (χ0) is 10.1. The third-order valence-electron chi connectivity index (χ3n) is 1.99. The van der Waals surface area contributed by atoms with Crippen LogP contribution in [0.3, 0.4) is 0 Å². The number of ether oxygens (including phenoxy) is 1. The second kappa shape index (κ2) is 3.29. The lowest BCUT2D eigenvalue weighted by Gasteiger charge is -2.21. The molecule has 0 unspecified atom stereocenters. The van der Waals surface area contributed by atoms with Gasteiger partial charge in [0.05, 0.1) is 7.11 Å². The summed E-state index contributed by atoms with van der Waals surface area (Å²) >= 11 is 0. The number of hydrogen-bond acceptors (Lipinski definition) is 2. The fourth-order valence-corrected chi connectivity index (χ4v) is 1.30. The van der Waals surface area contributed by atoms with Crippen LogP contribution in [-0.2, 0) is 5.41 Å². The number of aromatic hydroxyl groups is 1. The Labute approximate surface area is 79.2 Å². The van der Waals surface area contributed by atoms with Crippen molar-refractivity contribution in [1.82, 2.24) is 0 Å². The van der Waals surface area contributed by atoms with Gasteiger partial charge in [-0.05, 0) is 17.0 Å². The minimum absolute atomic E-state index is 0.0407. The van der Waals surface area contributed by atoms with Crippen molar-refractivity contribution in [3.8, 4) is 11.5 Å². The molecule has 0 saturated heterocycles. The van der Waals surface area contributed by atoms with Gasteiger partial charge in [0.1, 0.15) is 11.5 Å². The van der Waals surface area contributed by atoms with E-state index in [1.165, 1.54) is 0 Å². The van der Waals surface area contributed by atoms with Crippen LogP contribution in [0.2, 0.25) is 0 Å². The predicted octanol–water partition coefficient (Wildman–Crippen LogP) is 2.70. The van der Waals surface area contributed by atoms with Crippen LogP contribution in [0, 0.1) is 0 Å². The molecule has 0 saturated carbocycles. The van der Waals surface area contributed by atoms with Gasteiger partial charge in [-0.3, -0.25) is 0 Å². The van der Waals surface area contributed by atoms with E-state index in [2.05, 4.69) is 20.8 Å². The Morgan fingerprint density at radius 3 is 2.31 bits per heavy atom. The van der Waals surface area contributed by atoms with Crippen molar-refractivity contribution in [3.63, 3.8) is 0 Å². The van der Waals surface area contributed by atoms with Crippen LogP contribution in [0.1, 0.15) is 26.3 Å². The van der Waals surface area contributed by atoms with E-state index in [-0.39, 0.29) is 11.2 Å². The van der Waals surface area contributed by atoms with E-state index in [1.54, 1.807) is 19.2 Å². The monoisotopic (exact) mass is 180 g/mol. The molecule has 0 aliphatic heterocycles. The molecule has 0 amide bonds. The van der Waals surface area contributed by atoms with E-state index in [0.717, 1.165) is 11.3 Å². The van der Waals surface area contributed by atoms with Crippen LogP contribution >= 0.6 is 0 Å². The summed E-state index contributed by atoms with van der Waals surface area (Å²) in [5, 5.41) is 9.25. The number of methoxy groups -OCH3 is 1. The Morgan fingerprint density at radius 2 is 1.85 bits per heavy atom. The average Bonchev–Trinajstić information content (AvgIpc) is 2.01. The van der Waals surface area contributed by atoms with E-state index in [9.17, 15) is 5.11 Å². The van der Waals surface area contributed by atoms with Crippen LogP contribution in [0.15, 0.2) is 18.2 Å². The summed E-state index contributed by atoms with van der Waals surface area (Å²) in [5.41, 5.74) is 1.15. The smallest absolute Gasteiger partial charge is 0.126 e. The highest BCUT2D eigenvalue weighted by Gasteiger charge is 2.18. The molecule has 1 aromatic carbocycles. The van der Waals surface area contributed by atoms with E-state index in [0.29, 0.717) is 0 Å². The van der Waals surface area contributed by atoms with E-state index < -0.39 is 0 Å². The van der Waals surface area contributed by atoms with Gasteiger partial charge in [-0.15, -0.1) is 0 Å². The van der Waals surface area contributed by atoms with Gasteiger partial charge in [0.2, 0.25) is 0 Å². The molecule has 72 valence electrons. The quantitative estimate of drug-likeness (QED) is 0.720. The Hall–Kier alpha value is -1.18. The molecule has 0 aliphatic carbocycles. The highest BCUT2D eigenvalue weighted by molar-refractivity contribution is 5.43. The number of hydrogen-bond donors (Lipinski definition) is 1. The Morgan fingerprint density at radius 1 is 1.23 bits per heavy atom. The first-order valence-corrected chi connectivity index (χ1v) is 4.32. The van der Waals surface area contributed by atoms with Crippen molar-refractivity contribution < 1.29 is 9.84 Å². The van der Waals surface area contributed by atoms with Crippen molar-refractivity contribution in [2.75, 3.05) is 7.11 Å². The molecular weight excluding hydrogens is 164 g/mol. The number of benzene rings is 1. The lowest BCUT2D eigenvalue weighted by atomic mass is 9.86. The van der Waals surface area contributed by atoms with Crippen LogP contribution in [0.4, 0.5) is 0 Å². The van der Waals surface area contributed by atoms with Gasteiger partial charge < -0.3 is 9.84 Å². The van der Waals surface area contributed by atoms with Crippen molar-refractivity contribution in [2.24, 2.45) is 0 Å². The summed E-state index contributed by atoms with van der Waals surface area (Å²) in [6, 6.07) is 5.22. The summed E-state index contributed by atoms with van der Waals surface area (Å²) in [5.74, 6) is 0.984. The predicted molar refractivity (Wildman–Crippen MR) is 53.4 cm³/mol. The van der Waals surface area contributed by atoms with Gasteiger partial charge >= 0.3 is 0 Å². The van der Waals surface area contributed by atoms with Crippen molar-refractivity contribution in [1.29, 1.82) is 0 Å². The fraction of sp³-hybridized carbons (Fsp3) is 0.455. The largest absolute Gasteiger partial charge is 0.508 e. The fourth-order valence-electron chi connectivity index (χ4n) is 1.30. The SMILES string of the molecule is COc1cc(O)ccc1C(C)(C)C. The summed E-state index contributed by atoms with van der Waals surface area (Å²) in [6.07, 6.45) is 0. The molecule has 0 fully saturated rings. The van der Waals surface area contributed by atoms with Gasteiger partial charge in [-0.25, -0.2) is 0 Å². The molecule has 1 rings (SSSR count). The molecule has 0 radical (unpaired) electrons. The normalized spacial score (nSPS) is 11.4. The number of phenols is 1. The standard InChI is InChI=1S/C11H16O2/c1-11(2,3)9-6-5-8(12)7-10(9)13-4/h5-7,12H,1-4H3. The van der Waals surface area contributed by atoms with E-state index in [4.69, 9.17) is 4.74 Å². The third kappa shape index (κ3) is 2.14. The molecule has 0 atom stereocenters. The Bertz CT molecular complexity index is 297. The van der Waals surface area contributed by atoms with Crippen LogP contribution < -0.4 is 4.74 Å². The van der Waals surface area contributed by atoms with E-state index >= 15 is 0 Å². The second-order valence-corrected chi connectivity index (χ2v) is 4.13. The molecule has 0 spiro atoms. The molecule has 0 aliphatic rings. The molecule has 2 nitrogen and oxygen atoms in total. The molecule has 0 bridgehead atoms. The van der Waals surface area contributed by atoms with Gasteiger partial charge in [0.25, 0.3) is 0 Å². The maximum absolute atomic E-state index is 9.25. The Balaban J connectivity index is 3.22. The van der Waals surface area contributed by atoms with Crippen molar-refractivity contribution >= 4 is 0 Å². The lowest BCUT2D eigenvalue weighted by Crippen LogP contribution is -2.12. The molecule has 13 heavy (non-hydrogen) atoms. The molecule has 1 aromatic rings. The van der Waals surface area contributed by atoms with Crippen molar-refractivity contribution in [3.05, 3.63) is 23.8 Å². The molecular formula is C11H16O2. The topological polar surface area (TPSA) is 29.5 Å². The zero-order valence-corrected chi connectivity index (χ0v) is 8.59. The Kier molecular flexibility index (Phi) is 2.50. The van der Waals surface area contributed by atoms with Crippen LogP contribution in [0.25, 0.3) is 0 Å². The minimum Gasteiger partial charge on any atom is -0.508 e. The highest BCUT2D eigenvalue weighted by atomic mass is 16.5. The maximum atomic E-state index is 9.25. The lowest BCUT2D eigenvalue weighted by molar-refractivity contribution is 0.391. The van der Waals surface area contributed by atoms with Gasteiger partial charge in [0.15, 0.2) is 0 Å². The van der Waals surface area contributed by atoms with Crippen molar-refractivity contribution in [2.45, 2.75) is 26.2 Å². The molecule has 0 aromatic heterocycles.